The first-order chi connectivity index (χ1) is 24.3. The van der Waals surface area contributed by atoms with Crippen LogP contribution in [0.4, 0.5) is 0 Å². The smallest absolute Gasteiger partial charge is 0.135 e. The summed E-state index contributed by atoms with van der Waals surface area (Å²) in [6, 6.07) is 62.1. The third-order valence-electron chi connectivity index (χ3n) is 10.6. The summed E-state index contributed by atoms with van der Waals surface area (Å²) in [6.07, 6.45) is 0. The highest BCUT2D eigenvalue weighted by Gasteiger charge is 2.17. The SMILES string of the molecule is c1ccc2c(c1)oc1ccc(-c3cccc4c(-c5ccc6c(c5)c5ccccc5c5c7ccccc7c7ccccc7c65)cccc34)cc12. The normalized spacial score (nSPS) is 12.1. The first-order valence-electron chi connectivity index (χ1n) is 16.9. The fraction of sp³-hybridized carbons (Fsp3) is 0. The molecule has 1 nitrogen and oxygen atoms in total. The summed E-state index contributed by atoms with van der Waals surface area (Å²) >= 11 is 0. The molecule has 10 aromatic carbocycles. The Morgan fingerprint density at radius 2 is 0.653 bits per heavy atom. The number of fused-ring (bicyclic) bond motifs is 15. The second-order valence-electron chi connectivity index (χ2n) is 13.2. The summed E-state index contributed by atoms with van der Waals surface area (Å²) in [5.74, 6) is 0. The van der Waals surface area contributed by atoms with E-state index in [1.807, 2.05) is 12.1 Å². The van der Waals surface area contributed by atoms with Gasteiger partial charge in [0.1, 0.15) is 11.2 Å². The maximum atomic E-state index is 6.14. The maximum Gasteiger partial charge on any atom is 0.135 e. The van der Waals surface area contributed by atoms with Gasteiger partial charge < -0.3 is 4.42 Å². The maximum absolute atomic E-state index is 6.14. The third kappa shape index (κ3) is 3.76. The summed E-state index contributed by atoms with van der Waals surface area (Å²) in [6.45, 7) is 0. The second-order valence-corrected chi connectivity index (χ2v) is 13.2. The first kappa shape index (κ1) is 26.6. The minimum Gasteiger partial charge on any atom is -0.456 e. The fourth-order valence-corrected chi connectivity index (χ4v) is 8.50. The number of furan rings is 1. The molecular weight excluding hydrogens is 593 g/mol. The van der Waals surface area contributed by atoms with Gasteiger partial charge in [-0.25, -0.2) is 0 Å². The summed E-state index contributed by atoms with van der Waals surface area (Å²) in [5, 5.41) is 17.8. The lowest BCUT2D eigenvalue weighted by Gasteiger charge is -2.17. The lowest BCUT2D eigenvalue weighted by Crippen LogP contribution is -1.89. The fourth-order valence-electron chi connectivity index (χ4n) is 8.50. The van der Waals surface area contributed by atoms with E-state index in [9.17, 15) is 0 Å². The molecule has 0 radical (unpaired) electrons. The van der Waals surface area contributed by atoms with Crippen LogP contribution in [0, 0.1) is 0 Å². The van der Waals surface area contributed by atoms with Crippen molar-refractivity contribution in [3.63, 3.8) is 0 Å². The highest BCUT2D eigenvalue weighted by atomic mass is 16.3. The zero-order chi connectivity index (χ0) is 32.1. The summed E-state index contributed by atoms with van der Waals surface area (Å²) in [5.41, 5.74) is 6.72. The van der Waals surface area contributed by atoms with Gasteiger partial charge in [-0.1, -0.05) is 146 Å². The van der Waals surface area contributed by atoms with Gasteiger partial charge in [-0.15, -0.1) is 0 Å². The molecule has 0 spiro atoms. The predicted octanol–water partition coefficient (Wildman–Crippen LogP) is 13.8. The largest absolute Gasteiger partial charge is 0.456 e. The van der Waals surface area contributed by atoms with E-state index in [1.54, 1.807) is 0 Å². The van der Waals surface area contributed by atoms with Crippen LogP contribution in [-0.4, -0.2) is 0 Å². The quantitative estimate of drug-likeness (QED) is 0.175. The molecule has 1 heterocycles. The van der Waals surface area contributed by atoms with Crippen molar-refractivity contribution in [1.29, 1.82) is 0 Å². The number of rotatable bonds is 2. The molecule has 0 aliphatic rings. The molecule has 226 valence electrons. The van der Waals surface area contributed by atoms with E-state index in [0.717, 1.165) is 21.9 Å². The summed E-state index contributed by atoms with van der Waals surface area (Å²) in [4.78, 5) is 0. The highest BCUT2D eigenvalue weighted by molar-refractivity contribution is 6.39. The average molecular weight is 621 g/mol. The van der Waals surface area contributed by atoms with Crippen molar-refractivity contribution in [2.75, 3.05) is 0 Å². The van der Waals surface area contributed by atoms with E-state index in [-0.39, 0.29) is 0 Å². The van der Waals surface area contributed by atoms with Gasteiger partial charge in [0.15, 0.2) is 0 Å². The third-order valence-corrected chi connectivity index (χ3v) is 10.6. The van der Waals surface area contributed by atoms with Crippen LogP contribution >= 0.6 is 0 Å². The van der Waals surface area contributed by atoms with Gasteiger partial charge in [0.05, 0.1) is 0 Å². The number of benzene rings is 10. The van der Waals surface area contributed by atoms with E-state index in [0.29, 0.717) is 0 Å². The zero-order valence-electron chi connectivity index (χ0n) is 26.6. The van der Waals surface area contributed by atoms with Gasteiger partial charge in [0.25, 0.3) is 0 Å². The van der Waals surface area contributed by atoms with Crippen LogP contribution in [0.25, 0.3) is 109 Å². The number of para-hydroxylation sites is 1. The van der Waals surface area contributed by atoms with Crippen LogP contribution < -0.4 is 0 Å². The molecule has 0 fully saturated rings. The molecule has 0 aliphatic carbocycles. The monoisotopic (exact) mass is 620 g/mol. The highest BCUT2D eigenvalue weighted by Crippen LogP contribution is 2.45. The van der Waals surface area contributed by atoms with Gasteiger partial charge in [0.2, 0.25) is 0 Å². The van der Waals surface area contributed by atoms with Crippen LogP contribution in [-0.2, 0) is 0 Å². The Bertz CT molecular complexity index is 3160. The minimum absolute atomic E-state index is 0.919. The lowest BCUT2D eigenvalue weighted by atomic mass is 9.86. The standard InChI is InChI=1S/C48H28O/c1-4-15-39-35(11-1)36-12-2-5-16-40(36)48-42-25-23-29(27-43(42)37-13-3-6-17-41(37)47(39)48)31-18-9-21-34-32(19-10-20-33(31)34)30-24-26-46-44(28-30)38-14-7-8-22-45(38)49-46/h1-28H. The molecule has 0 N–H and O–H groups in total. The van der Waals surface area contributed by atoms with E-state index >= 15 is 0 Å². The Kier molecular flexibility index (Phi) is 5.45. The van der Waals surface area contributed by atoms with Gasteiger partial charge in [-0.2, -0.15) is 0 Å². The zero-order valence-corrected chi connectivity index (χ0v) is 26.6. The molecule has 0 amide bonds. The van der Waals surface area contributed by atoms with Crippen LogP contribution in [0.15, 0.2) is 174 Å². The molecule has 0 unspecified atom stereocenters. The van der Waals surface area contributed by atoms with Crippen LogP contribution in [0.2, 0.25) is 0 Å². The Balaban J connectivity index is 1.18. The molecule has 0 aliphatic heterocycles. The molecule has 0 saturated carbocycles. The summed E-state index contributed by atoms with van der Waals surface area (Å²) < 4.78 is 6.14. The summed E-state index contributed by atoms with van der Waals surface area (Å²) in [7, 11) is 0. The van der Waals surface area contributed by atoms with Crippen LogP contribution in [0.3, 0.4) is 0 Å². The molecule has 11 rings (SSSR count). The molecule has 1 heteroatoms. The van der Waals surface area contributed by atoms with Crippen LogP contribution in [0.1, 0.15) is 0 Å². The van der Waals surface area contributed by atoms with Crippen molar-refractivity contribution in [2.24, 2.45) is 0 Å². The number of hydrogen-bond acceptors (Lipinski definition) is 1. The van der Waals surface area contributed by atoms with Gasteiger partial charge in [-0.05, 0) is 111 Å². The van der Waals surface area contributed by atoms with E-state index in [2.05, 4.69) is 158 Å². The van der Waals surface area contributed by atoms with Crippen LogP contribution in [0.5, 0.6) is 0 Å². The molecule has 49 heavy (non-hydrogen) atoms. The van der Waals surface area contributed by atoms with Crippen molar-refractivity contribution in [1.82, 2.24) is 0 Å². The topological polar surface area (TPSA) is 13.1 Å². The van der Waals surface area contributed by atoms with E-state index in [4.69, 9.17) is 4.42 Å². The van der Waals surface area contributed by atoms with Gasteiger partial charge >= 0.3 is 0 Å². The Morgan fingerprint density at radius 3 is 1.24 bits per heavy atom. The lowest BCUT2D eigenvalue weighted by molar-refractivity contribution is 0.669. The first-order valence-corrected chi connectivity index (χ1v) is 16.9. The second kappa shape index (κ2) is 10.0. The number of hydrogen-bond donors (Lipinski definition) is 0. The Hall–Kier alpha value is -6.44. The molecule has 11 aromatic rings. The van der Waals surface area contributed by atoms with Gasteiger partial charge in [0, 0.05) is 10.8 Å². The Labute approximate surface area is 282 Å². The van der Waals surface area contributed by atoms with Gasteiger partial charge in [-0.3, -0.25) is 0 Å². The molecule has 1 aromatic heterocycles. The van der Waals surface area contributed by atoms with Crippen molar-refractivity contribution < 1.29 is 4.42 Å². The average Bonchev–Trinajstić information content (AvgIpc) is 3.55. The van der Waals surface area contributed by atoms with E-state index in [1.165, 1.54) is 86.9 Å². The van der Waals surface area contributed by atoms with Crippen molar-refractivity contribution >= 4 is 86.6 Å². The molecular formula is C48H28O. The molecule has 0 saturated heterocycles. The van der Waals surface area contributed by atoms with Crippen molar-refractivity contribution in [3.8, 4) is 22.3 Å². The van der Waals surface area contributed by atoms with Crippen molar-refractivity contribution in [2.45, 2.75) is 0 Å². The van der Waals surface area contributed by atoms with E-state index < -0.39 is 0 Å². The Morgan fingerprint density at radius 1 is 0.245 bits per heavy atom. The minimum atomic E-state index is 0.919. The van der Waals surface area contributed by atoms with Crippen molar-refractivity contribution in [3.05, 3.63) is 170 Å². The molecule has 0 atom stereocenters. The molecule has 0 bridgehead atoms. The predicted molar refractivity (Wildman–Crippen MR) is 210 cm³/mol.